The van der Waals surface area contributed by atoms with E-state index in [1.807, 2.05) is 21.5 Å². The number of fused-ring (bicyclic) bond motifs is 1. The maximum atomic E-state index is 12.7. The van der Waals surface area contributed by atoms with E-state index in [-0.39, 0.29) is 18.3 Å². The Hall–Kier alpha value is -1.89. The van der Waals surface area contributed by atoms with Gasteiger partial charge in [0.15, 0.2) is 11.5 Å². The van der Waals surface area contributed by atoms with Gasteiger partial charge in [0.05, 0.1) is 0 Å². The Morgan fingerprint density at radius 2 is 1.79 bits per heavy atom. The van der Waals surface area contributed by atoms with Crippen LogP contribution in [0.2, 0.25) is 0 Å². The van der Waals surface area contributed by atoms with Gasteiger partial charge in [0.2, 0.25) is 5.91 Å². The van der Waals surface area contributed by atoms with Crippen LogP contribution in [0, 0.1) is 11.8 Å². The zero-order valence-corrected chi connectivity index (χ0v) is 17.7. The van der Waals surface area contributed by atoms with E-state index in [1.54, 1.807) is 0 Å². The smallest absolute Gasteiger partial charge is 0.223 e. The van der Waals surface area contributed by atoms with E-state index in [9.17, 15) is 4.79 Å². The number of aromatic nitrogens is 4. The predicted octanol–water partition coefficient (Wildman–Crippen LogP) is 2.97. The second-order valence-electron chi connectivity index (χ2n) is 8.37. The number of hydrogen-bond donors (Lipinski definition) is 0. The average Bonchev–Trinajstić information content (AvgIpc) is 3.08. The molecule has 28 heavy (non-hydrogen) atoms. The highest BCUT2D eigenvalue weighted by Gasteiger charge is 2.25. The number of anilines is 1. The second kappa shape index (κ2) is 9.07. The summed E-state index contributed by atoms with van der Waals surface area (Å²) in [6.45, 7) is 8.32. The molecule has 0 saturated carbocycles. The molecule has 2 aliphatic heterocycles. The van der Waals surface area contributed by atoms with Crippen LogP contribution < -0.4 is 4.90 Å². The van der Waals surface area contributed by atoms with Crippen molar-refractivity contribution in [1.82, 2.24) is 24.7 Å². The molecule has 2 saturated heterocycles. The van der Waals surface area contributed by atoms with Gasteiger partial charge < -0.3 is 9.80 Å². The van der Waals surface area contributed by atoms with Crippen LogP contribution in [0.5, 0.6) is 0 Å². The standard InChI is InChI=1S/C20H30N6O.ClH/c1-15-12-16(2)14-25(13-15)20(27)9-8-18-22-21-17-6-7-19(23-26(17)18)24-10-4-3-5-11-24;/h6-7,15-16H,3-5,8-14H2,1-2H3;1H. The fraction of sp³-hybridized carbons (Fsp3) is 0.700. The maximum Gasteiger partial charge on any atom is 0.223 e. The van der Waals surface area contributed by atoms with Gasteiger partial charge in [-0.3, -0.25) is 4.79 Å². The highest BCUT2D eigenvalue weighted by molar-refractivity contribution is 5.85. The lowest BCUT2D eigenvalue weighted by atomic mass is 9.91. The summed E-state index contributed by atoms with van der Waals surface area (Å²) in [6, 6.07) is 4.00. The van der Waals surface area contributed by atoms with Gasteiger partial charge in [0.1, 0.15) is 5.82 Å². The SMILES string of the molecule is CC1CC(C)CN(C(=O)CCc2nnc3ccc(N4CCCCC4)nn23)C1.Cl. The molecule has 1 amide bonds. The van der Waals surface area contributed by atoms with E-state index in [2.05, 4.69) is 28.9 Å². The molecule has 7 nitrogen and oxygen atoms in total. The maximum absolute atomic E-state index is 12.7. The Morgan fingerprint density at radius 3 is 2.50 bits per heavy atom. The van der Waals surface area contributed by atoms with Crippen molar-refractivity contribution in [3.8, 4) is 0 Å². The second-order valence-corrected chi connectivity index (χ2v) is 8.37. The first-order valence-electron chi connectivity index (χ1n) is 10.3. The van der Waals surface area contributed by atoms with Crippen LogP contribution >= 0.6 is 12.4 Å². The number of carbonyl (C=O) groups excluding carboxylic acids is 1. The number of hydrogen-bond acceptors (Lipinski definition) is 5. The van der Waals surface area contributed by atoms with Crippen LogP contribution in [0.1, 0.15) is 51.8 Å². The first-order chi connectivity index (χ1) is 13.1. The van der Waals surface area contributed by atoms with Gasteiger partial charge in [0, 0.05) is 39.0 Å². The van der Waals surface area contributed by atoms with Crippen LogP contribution in [-0.2, 0) is 11.2 Å². The third-order valence-corrected chi connectivity index (χ3v) is 5.78. The molecule has 2 aromatic heterocycles. The van der Waals surface area contributed by atoms with Gasteiger partial charge in [-0.25, -0.2) is 0 Å². The summed E-state index contributed by atoms with van der Waals surface area (Å²) >= 11 is 0. The molecule has 4 heterocycles. The van der Waals surface area contributed by atoms with Gasteiger partial charge in [0.25, 0.3) is 0 Å². The van der Waals surface area contributed by atoms with Crippen LogP contribution in [-0.4, -0.2) is 56.8 Å². The quantitative estimate of drug-likeness (QED) is 0.780. The highest BCUT2D eigenvalue weighted by Crippen LogP contribution is 2.22. The van der Waals surface area contributed by atoms with Crippen LogP contribution in [0.25, 0.3) is 5.65 Å². The lowest BCUT2D eigenvalue weighted by Crippen LogP contribution is -2.42. The van der Waals surface area contributed by atoms with Crippen molar-refractivity contribution in [2.75, 3.05) is 31.1 Å². The summed E-state index contributed by atoms with van der Waals surface area (Å²) < 4.78 is 1.82. The van der Waals surface area contributed by atoms with Gasteiger partial charge in [-0.05, 0) is 49.7 Å². The molecule has 2 fully saturated rings. The van der Waals surface area contributed by atoms with Crippen molar-refractivity contribution in [2.45, 2.75) is 52.4 Å². The van der Waals surface area contributed by atoms with Crippen molar-refractivity contribution < 1.29 is 4.79 Å². The van der Waals surface area contributed by atoms with E-state index in [4.69, 9.17) is 5.10 Å². The molecule has 0 bridgehead atoms. The predicted molar refractivity (Wildman–Crippen MR) is 112 cm³/mol. The van der Waals surface area contributed by atoms with Gasteiger partial charge in [-0.15, -0.1) is 27.7 Å². The average molecular weight is 407 g/mol. The molecule has 0 aromatic carbocycles. The number of amides is 1. The normalized spacial score (nSPS) is 22.9. The summed E-state index contributed by atoms with van der Waals surface area (Å²) in [4.78, 5) is 17.0. The number of aryl methyl sites for hydroxylation is 1. The van der Waals surface area contributed by atoms with Crippen molar-refractivity contribution in [3.05, 3.63) is 18.0 Å². The minimum absolute atomic E-state index is 0. The van der Waals surface area contributed by atoms with Gasteiger partial charge in [-0.2, -0.15) is 4.52 Å². The number of likely N-dealkylation sites (tertiary alicyclic amines) is 1. The number of nitrogens with zero attached hydrogens (tertiary/aromatic N) is 6. The Kier molecular flexibility index (Phi) is 6.75. The molecule has 2 aromatic rings. The molecule has 4 rings (SSSR count). The lowest BCUT2D eigenvalue weighted by molar-refractivity contribution is -0.133. The van der Waals surface area contributed by atoms with E-state index >= 15 is 0 Å². The number of halogens is 1. The van der Waals surface area contributed by atoms with Crippen molar-refractivity contribution in [2.24, 2.45) is 11.8 Å². The van der Waals surface area contributed by atoms with Gasteiger partial charge in [-0.1, -0.05) is 13.8 Å². The molecular weight excluding hydrogens is 376 g/mol. The van der Waals surface area contributed by atoms with Crippen LogP contribution in [0.4, 0.5) is 5.82 Å². The molecule has 0 spiro atoms. The summed E-state index contributed by atoms with van der Waals surface area (Å²) in [6.07, 6.45) is 5.99. The van der Waals surface area contributed by atoms with Crippen LogP contribution in [0.15, 0.2) is 12.1 Å². The Bertz CT molecular complexity index is 793. The molecule has 0 radical (unpaired) electrons. The first-order valence-corrected chi connectivity index (χ1v) is 10.3. The number of carbonyl (C=O) groups is 1. The van der Waals surface area contributed by atoms with E-state index in [0.717, 1.165) is 43.5 Å². The summed E-state index contributed by atoms with van der Waals surface area (Å²) in [5, 5.41) is 13.3. The van der Waals surface area contributed by atoms with Crippen molar-refractivity contribution >= 4 is 29.8 Å². The van der Waals surface area contributed by atoms with Gasteiger partial charge >= 0.3 is 0 Å². The number of piperidine rings is 2. The van der Waals surface area contributed by atoms with Crippen molar-refractivity contribution in [1.29, 1.82) is 0 Å². The summed E-state index contributed by atoms with van der Waals surface area (Å²) in [5.41, 5.74) is 0.749. The largest absolute Gasteiger partial charge is 0.355 e. The lowest BCUT2D eigenvalue weighted by Gasteiger charge is -2.35. The van der Waals surface area contributed by atoms with Crippen LogP contribution in [0.3, 0.4) is 0 Å². The van der Waals surface area contributed by atoms with E-state index in [0.29, 0.717) is 24.7 Å². The highest BCUT2D eigenvalue weighted by atomic mass is 35.5. The molecule has 0 N–H and O–H groups in total. The third-order valence-electron chi connectivity index (χ3n) is 5.78. The van der Waals surface area contributed by atoms with E-state index < -0.39 is 0 Å². The fourth-order valence-corrected chi connectivity index (χ4v) is 4.51. The Morgan fingerprint density at radius 1 is 1.07 bits per heavy atom. The molecule has 154 valence electrons. The zero-order valence-electron chi connectivity index (χ0n) is 16.9. The first kappa shape index (κ1) is 20.8. The monoisotopic (exact) mass is 406 g/mol. The topological polar surface area (TPSA) is 66.6 Å². The molecule has 8 heteroatoms. The fourth-order valence-electron chi connectivity index (χ4n) is 4.51. The number of rotatable bonds is 4. The minimum atomic E-state index is 0. The van der Waals surface area contributed by atoms with E-state index in [1.165, 1.54) is 25.7 Å². The Balaban J connectivity index is 0.00000225. The van der Waals surface area contributed by atoms with Crippen molar-refractivity contribution in [3.63, 3.8) is 0 Å². The molecular formula is C20H31ClN6O. The Labute approximate surface area is 172 Å². The summed E-state index contributed by atoms with van der Waals surface area (Å²) in [5.74, 6) is 3.14. The molecule has 2 atom stereocenters. The molecule has 2 aliphatic rings. The molecule has 2 unspecified atom stereocenters. The molecule has 0 aliphatic carbocycles. The summed E-state index contributed by atoms with van der Waals surface area (Å²) in [7, 11) is 0. The minimum Gasteiger partial charge on any atom is -0.355 e. The zero-order chi connectivity index (χ0) is 18.8. The third kappa shape index (κ3) is 4.57.